The molecule has 0 aromatic heterocycles. The molecule has 2 aliphatic heterocycles. The molecule has 21 heavy (non-hydrogen) atoms. The van der Waals surface area contributed by atoms with Crippen LogP contribution in [0.25, 0.3) is 0 Å². The minimum Gasteiger partial charge on any atom is -0.338 e. The predicted molar refractivity (Wildman–Crippen MR) is 83.9 cm³/mol. The average molecular weight is 316 g/mol. The standard InChI is InChI=1S/C15H28N2O3S/c1-3-15(18)17-11-5-8-14(17)13-7-4-9-16(13)10-6-12-21(2,19)20/h13-14H,3-12H2,1-2H3/t13-,14+/m0/s1. The van der Waals surface area contributed by atoms with Crippen LogP contribution in [0.5, 0.6) is 0 Å². The first-order valence-electron chi connectivity index (χ1n) is 8.13. The van der Waals surface area contributed by atoms with E-state index in [0.29, 0.717) is 24.9 Å². The highest BCUT2D eigenvalue weighted by molar-refractivity contribution is 7.90. The number of amides is 1. The van der Waals surface area contributed by atoms with E-state index in [2.05, 4.69) is 9.80 Å². The summed E-state index contributed by atoms with van der Waals surface area (Å²) in [5, 5.41) is 0. The summed E-state index contributed by atoms with van der Waals surface area (Å²) in [6, 6.07) is 0.778. The molecule has 0 saturated carbocycles. The summed E-state index contributed by atoms with van der Waals surface area (Å²) >= 11 is 0. The third kappa shape index (κ3) is 4.42. The Morgan fingerprint density at radius 3 is 2.48 bits per heavy atom. The average Bonchev–Trinajstić information content (AvgIpc) is 3.03. The lowest BCUT2D eigenvalue weighted by molar-refractivity contribution is -0.132. The molecule has 122 valence electrons. The maximum Gasteiger partial charge on any atom is 0.222 e. The molecule has 0 spiro atoms. The van der Waals surface area contributed by atoms with Gasteiger partial charge in [0.05, 0.1) is 5.75 Å². The first-order chi connectivity index (χ1) is 9.92. The summed E-state index contributed by atoms with van der Waals surface area (Å²) in [5.41, 5.74) is 0. The molecule has 2 saturated heterocycles. The third-order valence-corrected chi connectivity index (χ3v) is 5.77. The van der Waals surface area contributed by atoms with Gasteiger partial charge in [0, 0.05) is 31.3 Å². The number of hydrogen-bond acceptors (Lipinski definition) is 4. The van der Waals surface area contributed by atoms with Crippen molar-refractivity contribution in [2.24, 2.45) is 0 Å². The fourth-order valence-electron chi connectivity index (χ4n) is 3.80. The Bertz CT molecular complexity index is 464. The van der Waals surface area contributed by atoms with Crippen LogP contribution in [0, 0.1) is 0 Å². The molecule has 0 unspecified atom stereocenters. The molecule has 5 nitrogen and oxygen atoms in total. The van der Waals surface area contributed by atoms with Crippen molar-refractivity contribution >= 4 is 15.7 Å². The summed E-state index contributed by atoms with van der Waals surface area (Å²) in [6.45, 7) is 4.70. The van der Waals surface area contributed by atoms with E-state index in [1.54, 1.807) is 0 Å². The van der Waals surface area contributed by atoms with E-state index in [4.69, 9.17) is 0 Å². The Kier molecular flexibility index (Phi) is 5.66. The Balaban J connectivity index is 1.93. The van der Waals surface area contributed by atoms with Gasteiger partial charge in [-0.1, -0.05) is 6.92 Å². The van der Waals surface area contributed by atoms with Gasteiger partial charge in [-0.3, -0.25) is 9.69 Å². The van der Waals surface area contributed by atoms with Crippen LogP contribution in [0.1, 0.15) is 45.4 Å². The zero-order valence-corrected chi connectivity index (χ0v) is 14.1. The van der Waals surface area contributed by atoms with E-state index < -0.39 is 9.84 Å². The lowest BCUT2D eigenvalue weighted by atomic mass is 10.0. The smallest absolute Gasteiger partial charge is 0.222 e. The van der Waals surface area contributed by atoms with Crippen molar-refractivity contribution in [1.82, 2.24) is 9.80 Å². The van der Waals surface area contributed by atoms with Crippen LogP contribution in [-0.4, -0.2) is 67.9 Å². The molecule has 2 fully saturated rings. The molecule has 0 aromatic rings. The van der Waals surface area contributed by atoms with Crippen molar-refractivity contribution in [2.45, 2.75) is 57.5 Å². The Hall–Kier alpha value is -0.620. The van der Waals surface area contributed by atoms with Gasteiger partial charge in [-0.05, 0) is 45.2 Å². The largest absolute Gasteiger partial charge is 0.338 e. The molecular formula is C15H28N2O3S. The molecular weight excluding hydrogens is 288 g/mol. The zero-order valence-electron chi connectivity index (χ0n) is 13.3. The van der Waals surface area contributed by atoms with Crippen LogP contribution in [0.15, 0.2) is 0 Å². The molecule has 2 rings (SSSR count). The highest BCUT2D eigenvalue weighted by Crippen LogP contribution is 2.30. The fraction of sp³-hybridized carbons (Fsp3) is 0.933. The van der Waals surface area contributed by atoms with Gasteiger partial charge in [-0.2, -0.15) is 0 Å². The van der Waals surface area contributed by atoms with Crippen LogP contribution >= 0.6 is 0 Å². The second-order valence-electron chi connectivity index (χ2n) is 6.38. The van der Waals surface area contributed by atoms with Crippen molar-refractivity contribution in [3.05, 3.63) is 0 Å². The Labute approximate surface area is 128 Å². The quantitative estimate of drug-likeness (QED) is 0.741. The first-order valence-corrected chi connectivity index (χ1v) is 10.2. The van der Waals surface area contributed by atoms with Gasteiger partial charge < -0.3 is 4.90 Å². The molecule has 0 aliphatic carbocycles. The van der Waals surface area contributed by atoms with Crippen molar-refractivity contribution in [2.75, 3.05) is 31.6 Å². The van der Waals surface area contributed by atoms with Crippen molar-refractivity contribution < 1.29 is 13.2 Å². The molecule has 6 heteroatoms. The number of likely N-dealkylation sites (tertiary alicyclic amines) is 2. The summed E-state index contributed by atoms with van der Waals surface area (Å²) < 4.78 is 22.5. The summed E-state index contributed by atoms with van der Waals surface area (Å²) in [7, 11) is -2.87. The second kappa shape index (κ2) is 7.09. The van der Waals surface area contributed by atoms with Gasteiger partial charge in [0.15, 0.2) is 0 Å². The van der Waals surface area contributed by atoms with E-state index in [1.807, 2.05) is 6.92 Å². The molecule has 2 atom stereocenters. The molecule has 2 aliphatic rings. The lowest BCUT2D eigenvalue weighted by Crippen LogP contribution is -2.48. The van der Waals surface area contributed by atoms with Crippen molar-refractivity contribution in [3.63, 3.8) is 0 Å². The van der Waals surface area contributed by atoms with Gasteiger partial charge >= 0.3 is 0 Å². The SMILES string of the molecule is CCC(=O)N1CCC[C@@H]1[C@@H]1CCCN1CCCS(C)(=O)=O. The van der Waals surface area contributed by atoms with Crippen LogP contribution in [-0.2, 0) is 14.6 Å². The van der Waals surface area contributed by atoms with Gasteiger partial charge in [-0.25, -0.2) is 8.42 Å². The summed E-state index contributed by atoms with van der Waals surface area (Å²) in [5.74, 6) is 0.527. The minimum atomic E-state index is -2.87. The number of rotatable bonds is 6. The third-order valence-electron chi connectivity index (χ3n) is 4.74. The summed E-state index contributed by atoms with van der Waals surface area (Å²) in [6.07, 6.45) is 7.07. The van der Waals surface area contributed by atoms with Crippen molar-refractivity contribution in [3.8, 4) is 0 Å². The molecule has 0 aromatic carbocycles. The van der Waals surface area contributed by atoms with E-state index in [9.17, 15) is 13.2 Å². The summed E-state index contributed by atoms with van der Waals surface area (Å²) in [4.78, 5) is 16.5. The highest BCUT2D eigenvalue weighted by atomic mass is 32.2. The van der Waals surface area contributed by atoms with E-state index in [-0.39, 0.29) is 11.7 Å². The topological polar surface area (TPSA) is 57.7 Å². The number of carbonyl (C=O) groups excluding carboxylic acids is 1. The number of carbonyl (C=O) groups is 1. The van der Waals surface area contributed by atoms with E-state index in [0.717, 1.165) is 45.3 Å². The van der Waals surface area contributed by atoms with Gasteiger partial charge in [0.2, 0.25) is 5.91 Å². The zero-order chi connectivity index (χ0) is 15.5. The molecule has 2 heterocycles. The second-order valence-corrected chi connectivity index (χ2v) is 8.64. The van der Waals surface area contributed by atoms with Crippen molar-refractivity contribution in [1.29, 1.82) is 0 Å². The predicted octanol–water partition coefficient (Wildman–Crippen LogP) is 1.29. The molecule has 1 amide bonds. The number of hydrogen-bond donors (Lipinski definition) is 0. The monoisotopic (exact) mass is 316 g/mol. The highest BCUT2D eigenvalue weighted by Gasteiger charge is 2.38. The maximum atomic E-state index is 12.1. The normalized spacial score (nSPS) is 27.4. The van der Waals surface area contributed by atoms with E-state index in [1.165, 1.54) is 6.26 Å². The fourth-order valence-corrected chi connectivity index (χ4v) is 4.45. The first kappa shape index (κ1) is 16.7. The molecule has 0 radical (unpaired) electrons. The Morgan fingerprint density at radius 2 is 1.81 bits per heavy atom. The van der Waals surface area contributed by atoms with Gasteiger partial charge in [0.25, 0.3) is 0 Å². The maximum absolute atomic E-state index is 12.1. The van der Waals surface area contributed by atoms with E-state index >= 15 is 0 Å². The number of sulfone groups is 1. The van der Waals surface area contributed by atoms with Crippen LogP contribution < -0.4 is 0 Å². The van der Waals surface area contributed by atoms with Gasteiger partial charge in [-0.15, -0.1) is 0 Å². The number of nitrogens with zero attached hydrogens (tertiary/aromatic N) is 2. The van der Waals surface area contributed by atoms with Gasteiger partial charge in [0.1, 0.15) is 9.84 Å². The van der Waals surface area contributed by atoms with Crippen LogP contribution in [0.2, 0.25) is 0 Å². The molecule has 0 N–H and O–H groups in total. The minimum absolute atomic E-state index is 0.262. The lowest BCUT2D eigenvalue weighted by Gasteiger charge is -2.35. The van der Waals surface area contributed by atoms with Crippen LogP contribution in [0.3, 0.4) is 0 Å². The van der Waals surface area contributed by atoms with Crippen LogP contribution in [0.4, 0.5) is 0 Å². The Morgan fingerprint density at radius 1 is 1.14 bits per heavy atom. The molecule has 0 bridgehead atoms.